The van der Waals surface area contributed by atoms with Gasteiger partial charge in [0.2, 0.25) is 5.78 Å². The Kier molecular flexibility index (Phi) is 7.90. The van der Waals surface area contributed by atoms with E-state index >= 15 is 0 Å². The second kappa shape index (κ2) is 11.8. The molecule has 0 bridgehead atoms. The van der Waals surface area contributed by atoms with Gasteiger partial charge in [0.05, 0.1) is 28.5 Å². The minimum atomic E-state index is -4.39. The van der Waals surface area contributed by atoms with Crippen LogP contribution < -0.4 is 10.9 Å². The third kappa shape index (κ3) is 5.34. The molecule has 0 aliphatic carbocycles. The third-order valence-electron chi connectivity index (χ3n) is 7.72. The predicted molar refractivity (Wildman–Crippen MR) is 176 cm³/mol. The van der Waals surface area contributed by atoms with Crippen LogP contribution in [0.3, 0.4) is 0 Å². The van der Waals surface area contributed by atoms with E-state index in [1.54, 1.807) is 104 Å². The summed E-state index contributed by atoms with van der Waals surface area (Å²) in [6.45, 7) is 1.11. The van der Waals surface area contributed by atoms with Gasteiger partial charge < -0.3 is 5.32 Å². The number of aromatic nitrogens is 2. The van der Waals surface area contributed by atoms with Crippen molar-refractivity contribution in [2.45, 2.75) is 11.8 Å². The topological polar surface area (TPSA) is 110 Å². The molecule has 9 nitrogen and oxygen atoms in total. The van der Waals surface area contributed by atoms with Crippen LogP contribution in [0.25, 0.3) is 11.4 Å². The molecule has 11 heteroatoms. The fraction of sp³-hybridized carbons (Fsp3) is 0.0882. The predicted octanol–water partition coefficient (Wildman–Crippen LogP) is 5.80. The highest BCUT2D eigenvalue weighted by atomic mass is 79.9. The summed E-state index contributed by atoms with van der Waals surface area (Å²) >= 11 is 3.35. The molecule has 0 saturated carbocycles. The second-order valence-electron chi connectivity index (χ2n) is 10.4. The van der Waals surface area contributed by atoms with Gasteiger partial charge in [-0.1, -0.05) is 94.8 Å². The van der Waals surface area contributed by atoms with Crippen molar-refractivity contribution in [2.24, 2.45) is 7.05 Å². The van der Waals surface area contributed by atoms with Crippen molar-refractivity contribution >= 4 is 48.9 Å². The van der Waals surface area contributed by atoms with Gasteiger partial charge in [-0.25, -0.2) is 13.1 Å². The molecule has 0 unspecified atom stereocenters. The van der Waals surface area contributed by atoms with E-state index in [-0.39, 0.29) is 38.7 Å². The van der Waals surface area contributed by atoms with Gasteiger partial charge in [-0.15, -0.1) is 0 Å². The average molecular weight is 684 g/mol. The normalized spacial score (nSPS) is 13.8. The highest BCUT2D eigenvalue weighted by Crippen LogP contribution is 2.39. The monoisotopic (exact) mass is 682 g/mol. The standard InChI is InChI=1S/C34H27BrN4O5S/c1-22-30(34(42)39(37(22)2)26-13-7-4-8-14-26)36-31-27-15-9-10-16-29(27)45(43,44)38(21-28(40)23-17-19-25(35)20-18-23)32(31)33(41)24-11-5-3-6-12-24/h3-20,36H,21H2,1-2H3. The maximum absolute atomic E-state index is 14.3. The Labute approximate surface area is 268 Å². The summed E-state index contributed by atoms with van der Waals surface area (Å²) in [7, 11) is -2.65. The number of ketones is 2. The van der Waals surface area contributed by atoms with E-state index in [1.165, 1.54) is 10.7 Å². The zero-order valence-corrected chi connectivity index (χ0v) is 26.7. The van der Waals surface area contributed by atoms with E-state index in [1.807, 2.05) is 18.2 Å². The number of nitrogens with one attached hydrogen (secondary N) is 1. The van der Waals surface area contributed by atoms with Crippen LogP contribution in [0.4, 0.5) is 5.69 Å². The Hall–Kier alpha value is -5.00. The number of hydrogen-bond acceptors (Lipinski definition) is 6. The fourth-order valence-corrected chi connectivity index (χ4v) is 7.23. The number of carbonyl (C=O) groups excluding carboxylic acids is 2. The first kappa shape index (κ1) is 30.0. The molecule has 0 saturated heterocycles. The second-order valence-corrected chi connectivity index (χ2v) is 13.2. The number of para-hydroxylation sites is 1. The Morgan fingerprint density at radius 2 is 1.40 bits per heavy atom. The number of halogens is 1. The van der Waals surface area contributed by atoms with E-state index in [9.17, 15) is 22.8 Å². The van der Waals surface area contributed by atoms with Crippen LogP contribution >= 0.6 is 15.9 Å². The number of nitrogens with zero attached hydrogens (tertiary/aromatic N) is 3. The molecule has 1 aromatic heterocycles. The van der Waals surface area contributed by atoms with Gasteiger partial charge in [-0.2, -0.15) is 0 Å². The molecule has 4 aromatic carbocycles. The Morgan fingerprint density at radius 3 is 2.07 bits per heavy atom. The first-order chi connectivity index (χ1) is 21.6. The van der Waals surface area contributed by atoms with E-state index in [0.29, 0.717) is 11.4 Å². The van der Waals surface area contributed by atoms with Gasteiger partial charge in [0.15, 0.2) is 5.78 Å². The zero-order chi connectivity index (χ0) is 31.9. The van der Waals surface area contributed by atoms with Crippen LogP contribution in [0.1, 0.15) is 32.0 Å². The molecule has 2 heterocycles. The molecule has 5 aromatic rings. The summed E-state index contributed by atoms with van der Waals surface area (Å²) in [6.07, 6.45) is 0. The number of hydrogen-bond donors (Lipinski definition) is 1. The number of rotatable bonds is 8. The number of anilines is 1. The number of Topliss-reactive ketones (excluding diaryl/α,β-unsaturated/α-hetero) is 2. The molecule has 1 N–H and O–H groups in total. The van der Waals surface area contributed by atoms with Crippen molar-refractivity contribution < 1.29 is 18.0 Å². The van der Waals surface area contributed by atoms with Crippen LogP contribution in [0, 0.1) is 6.92 Å². The first-order valence-corrected chi connectivity index (χ1v) is 16.2. The summed E-state index contributed by atoms with van der Waals surface area (Å²) in [5.74, 6) is -1.14. The highest BCUT2D eigenvalue weighted by Gasteiger charge is 2.41. The Balaban J connectivity index is 1.59. The van der Waals surface area contributed by atoms with Gasteiger partial charge in [-0.3, -0.25) is 23.4 Å². The lowest BCUT2D eigenvalue weighted by molar-refractivity contribution is 0.0958. The highest BCUT2D eigenvalue weighted by molar-refractivity contribution is 9.10. The molecule has 226 valence electrons. The number of sulfonamides is 1. The fourth-order valence-electron chi connectivity index (χ4n) is 5.33. The van der Waals surface area contributed by atoms with Gasteiger partial charge in [0.1, 0.15) is 11.4 Å². The largest absolute Gasteiger partial charge is 0.347 e. The maximum atomic E-state index is 14.3. The van der Waals surface area contributed by atoms with Crippen LogP contribution in [0.2, 0.25) is 0 Å². The quantitative estimate of drug-likeness (QED) is 0.207. The minimum absolute atomic E-state index is 0.0994. The zero-order valence-electron chi connectivity index (χ0n) is 24.3. The van der Waals surface area contributed by atoms with Crippen molar-refractivity contribution in [2.75, 3.05) is 11.9 Å². The van der Waals surface area contributed by atoms with Crippen LogP contribution in [-0.4, -0.2) is 40.2 Å². The lowest BCUT2D eigenvalue weighted by atomic mass is 10.0. The molecule has 45 heavy (non-hydrogen) atoms. The molecular formula is C34H27BrN4O5S. The molecule has 0 fully saturated rings. The summed E-state index contributed by atoms with van der Waals surface area (Å²) in [5.41, 5.74) is 1.47. The lowest BCUT2D eigenvalue weighted by Crippen LogP contribution is -2.42. The molecule has 0 amide bonds. The van der Waals surface area contributed by atoms with Crippen molar-refractivity contribution in [1.29, 1.82) is 0 Å². The number of allylic oxidation sites excluding steroid dienone is 1. The number of carbonyl (C=O) groups is 2. The summed E-state index contributed by atoms with van der Waals surface area (Å²) < 4.78 is 33.2. The third-order valence-corrected chi connectivity index (χ3v) is 10.1. The number of benzene rings is 4. The van der Waals surface area contributed by atoms with Gasteiger partial charge >= 0.3 is 0 Å². The maximum Gasteiger partial charge on any atom is 0.295 e. The van der Waals surface area contributed by atoms with Gasteiger partial charge in [0.25, 0.3) is 15.6 Å². The molecule has 0 atom stereocenters. The Bertz CT molecular complexity index is 2150. The Morgan fingerprint density at radius 1 is 0.800 bits per heavy atom. The summed E-state index contributed by atoms with van der Waals surface area (Å²) in [6, 6.07) is 30.1. The molecule has 6 rings (SSSR count). The van der Waals surface area contributed by atoms with Gasteiger partial charge in [-0.05, 0) is 37.3 Å². The SMILES string of the molecule is Cc1c(NC2=C(C(=O)c3ccccc3)N(CC(=O)c3ccc(Br)cc3)S(=O)(=O)c3ccccc32)c(=O)n(-c2ccccc2)n1C. The van der Waals surface area contributed by atoms with E-state index in [2.05, 4.69) is 21.2 Å². The van der Waals surface area contributed by atoms with E-state index in [0.717, 1.165) is 8.78 Å². The number of fused-ring (bicyclic) bond motifs is 1. The van der Waals surface area contributed by atoms with Crippen LogP contribution in [0.15, 0.2) is 129 Å². The van der Waals surface area contributed by atoms with Crippen molar-refractivity contribution in [3.63, 3.8) is 0 Å². The van der Waals surface area contributed by atoms with Crippen LogP contribution in [-0.2, 0) is 17.1 Å². The molecule has 0 spiro atoms. The summed E-state index contributed by atoms with van der Waals surface area (Å²) in [4.78, 5) is 41.7. The molecule has 1 aliphatic rings. The first-order valence-electron chi connectivity index (χ1n) is 14.0. The average Bonchev–Trinajstić information content (AvgIpc) is 3.26. The molecular weight excluding hydrogens is 656 g/mol. The minimum Gasteiger partial charge on any atom is -0.347 e. The summed E-state index contributed by atoms with van der Waals surface area (Å²) in [5, 5.41) is 3.17. The molecule has 0 radical (unpaired) electrons. The van der Waals surface area contributed by atoms with Crippen molar-refractivity contribution in [3.8, 4) is 5.69 Å². The van der Waals surface area contributed by atoms with E-state index < -0.39 is 33.7 Å². The van der Waals surface area contributed by atoms with Crippen molar-refractivity contribution in [1.82, 2.24) is 13.7 Å². The van der Waals surface area contributed by atoms with Gasteiger partial charge in [0, 0.05) is 28.2 Å². The van der Waals surface area contributed by atoms with E-state index in [4.69, 9.17) is 0 Å². The molecule has 1 aliphatic heterocycles. The van der Waals surface area contributed by atoms with Crippen LogP contribution in [0.5, 0.6) is 0 Å². The van der Waals surface area contributed by atoms with Crippen molar-refractivity contribution in [3.05, 3.63) is 152 Å². The smallest absolute Gasteiger partial charge is 0.295 e. The lowest BCUT2D eigenvalue weighted by Gasteiger charge is -2.33.